The van der Waals surface area contributed by atoms with Crippen LogP contribution in [0.2, 0.25) is 0 Å². The van der Waals surface area contributed by atoms with E-state index in [1.54, 1.807) is 14.2 Å². The number of ether oxygens (including phenoxy) is 3. The maximum atomic E-state index is 12.0. The first kappa shape index (κ1) is 17.3. The normalized spacial score (nSPS) is 14.2. The third kappa shape index (κ3) is 5.75. The highest BCUT2D eigenvalue weighted by molar-refractivity contribution is 4.64. The Hall–Kier alpha value is -0.720. The molecule has 0 saturated carbocycles. The summed E-state index contributed by atoms with van der Waals surface area (Å²) >= 11 is 0. The fourth-order valence-corrected chi connectivity index (χ4v) is 1.65. The van der Waals surface area contributed by atoms with Crippen LogP contribution in [0, 0.1) is 4.91 Å². The third-order valence-electron chi connectivity index (χ3n) is 2.68. The first-order valence-corrected chi connectivity index (χ1v) is 6.39. The van der Waals surface area contributed by atoms with Gasteiger partial charge in [0.1, 0.15) is 0 Å². The van der Waals surface area contributed by atoms with Gasteiger partial charge in [0.05, 0.1) is 24.7 Å². The summed E-state index contributed by atoms with van der Waals surface area (Å²) in [4.78, 5) is 17.7. The molecule has 0 aliphatic rings. The molecule has 108 valence electrons. The van der Waals surface area contributed by atoms with Crippen LogP contribution in [0.5, 0.6) is 0 Å². The first-order valence-electron chi connectivity index (χ1n) is 6.39. The molecule has 1 atom stereocenters. The standard InChI is InChI=1S/C12H26NO5/c1-5-7-12(6-2,17-10-8-15-3)13(14)18-11-9-16-4/h5-11H2,1-4H3/q+1. The number of rotatable bonds is 12. The monoisotopic (exact) mass is 264 g/mol. The van der Waals surface area contributed by atoms with E-state index in [2.05, 4.69) is 0 Å². The van der Waals surface area contributed by atoms with Gasteiger partial charge in [0, 0.05) is 27.1 Å². The number of nitrogens with zero attached hydrogens (tertiary/aromatic N) is 1. The largest absolute Gasteiger partial charge is 0.382 e. The minimum absolute atomic E-state index is 0.221. The Kier molecular flexibility index (Phi) is 9.82. The van der Waals surface area contributed by atoms with Gasteiger partial charge in [0.15, 0.2) is 6.61 Å². The van der Waals surface area contributed by atoms with Crippen LogP contribution < -0.4 is 0 Å². The summed E-state index contributed by atoms with van der Waals surface area (Å²) in [5, 5.41) is 0. The van der Waals surface area contributed by atoms with Gasteiger partial charge >= 0.3 is 5.72 Å². The molecule has 6 heteroatoms. The summed E-state index contributed by atoms with van der Waals surface area (Å²) in [7, 11) is 3.16. The fraction of sp³-hybridized carbons (Fsp3) is 1.00. The lowest BCUT2D eigenvalue weighted by atomic mass is 10.1. The molecule has 0 aliphatic heterocycles. The topological polar surface area (TPSA) is 57.0 Å². The van der Waals surface area contributed by atoms with Crippen LogP contribution in [0.3, 0.4) is 0 Å². The second-order valence-corrected chi connectivity index (χ2v) is 3.97. The molecule has 0 saturated heterocycles. The minimum Gasteiger partial charge on any atom is -0.382 e. The molecule has 0 radical (unpaired) electrons. The summed E-state index contributed by atoms with van der Waals surface area (Å²) in [6, 6.07) is 0. The van der Waals surface area contributed by atoms with Crippen molar-refractivity contribution in [2.75, 3.05) is 40.6 Å². The molecule has 0 amide bonds. The Balaban J connectivity index is 4.45. The van der Waals surface area contributed by atoms with E-state index in [1.165, 1.54) is 0 Å². The Morgan fingerprint density at radius 3 is 2.11 bits per heavy atom. The second-order valence-electron chi connectivity index (χ2n) is 3.97. The van der Waals surface area contributed by atoms with E-state index < -0.39 is 5.72 Å². The SMILES string of the molecule is CCCC(CC)(OCCOC)[N+](=O)OCCOC. The van der Waals surface area contributed by atoms with E-state index in [-0.39, 0.29) is 6.61 Å². The zero-order chi connectivity index (χ0) is 13.9. The molecule has 0 bridgehead atoms. The molecule has 0 N–H and O–H groups in total. The van der Waals surface area contributed by atoms with Crippen molar-refractivity contribution in [2.45, 2.75) is 38.8 Å². The average Bonchev–Trinajstić information content (AvgIpc) is 2.38. The zero-order valence-corrected chi connectivity index (χ0v) is 11.9. The Bertz CT molecular complexity index is 225. The van der Waals surface area contributed by atoms with Gasteiger partial charge in [-0.15, -0.1) is 0 Å². The zero-order valence-electron chi connectivity index (χ0n) is 11.9. The van der Waals surface area contributed by atoms with Crippen molar-refractivity contribution in [1.82, 2.24) is 0 Å². The molecule has 0 fully saturated rings. The van der Waals surface area contributed by atoms with Crippen LogP contribution in [0.4, 0.5) is 0 Å². The van der Waals surface area contributed by atoms with Crippen molar-refractivity contribution in [2.24, 2.45) is 0 Å². The molecule has 0 aromatic carbocycles. The van der Waals surface area contributed by atoms with E-state index in [1.807, 2.05) is 13.8 Å². The van der Waals surface area contributed by atoms with Gasteiger partial charge in [-0.25, -0.2) is 4.84 Å². The van der Waals surface area contributed by atoms with Crippen molar-refractivity contribution < 1.29 is 24.0 Å². The van der Waals surface area contributed by atoms with Gasteiger partial charge in [-0.1, -0.05) is 13.8 Å². The molecule has 0 spiro atoms. The molecule has 1 unspecified atom stereocenters. The van der Waals surface area contributed by atoms with Crippen LogP contribution >= 0.6 is 0 Å². The van der Waals surface area contributed by atoms with E-state index >= 15 is 0 Å². The molecule has 0 aromatic heterocycles. The van der Waals surface area contributed by atoms with Crippen LogP contribution in [0.1, 0.15) is 33.1 Å². The molecule has 0 rings (SSSR count). The quantitative estimate of drug-likeness (QED) is 0.306. The third-order valence-corrected chi connectivity index (χ3v) is 2.68. The summed E-state index contributed by atoms with van der Waals surface area (Å²) in [6.07, 6.45) is 2.01. The lowest BCUT2D eigenvalue weighted by molar-refractivity contribution is -0.881. The molecule has 18 heavy (non-hydrogen) atoms. The summed E-state index contributed by atoms with van der Waals surface area (Å²) in [5.41, 5.74) is -0.930. The Morgan fingerprint density at radius 2 is 1.61 bits per heavy atom. The van der Waals surface area contributed by atoms with E-state index in [9.17, 15) is 4.91 Å². The predicted molar refractivity (Wildman–Crippen MR) is 67.2 cm³/mol. The number of methoxy groups -OCH3 is 2. The van der Waals surface area contributed by atoms with Crippen molar-refractivity contribution in [3.63, 3.8) is 0 Å². The molecule has 6 nitrogen and oxygen atoms in total. The van der Waals surface area contributed by atoms with E-state index in [0.717, 1.165) is 6.42 Å². The molecule has 0 aromatic rings. The lowest BCUT2D eigenvalue weighted by Gasteiger charge is -2.21. The maximum Gasteiger partial charge on any atom is 0.368 e. The van der Waals surface area contributed by atoms with Crippen LogP contribution in [0.15, 0.2) is 0 Å². The van der Waals surface area contributed by atoms with Crippen molar-refractivity contribution in [3.8, 4) is 0 Å². The average molecular weight is 264 g/mol. The van der Waals surface area contributed by atoms with Crippen LogP contribution in [-0.2, 0) is 19.0 Å². The summed E-state index contributed by atoms with van der Waals surface area (Å²) < 4.78 is 15.5. The van der Waals surface area contributed by atoms with Gasteiger partial charge in [0.25, 0.3) is 4.92 Å². The Labute approximate surface area is 109 Å². The highest BCUT2D eigenvalue weighted by atomic mass is 16.8. The predicted octanol–water partition coefficient (Wildman–Crippen LogP) is 1.91. The maximum absolute atomic E-state index is 12.0. The summed E-state index contributed by atoms with van der Waals surface area (Å²) in [5.74, 6) is 0. The second kappa shape index (κ2) is 10.2. The molecule has 0 heterocycles. The lowest BCUT2D eigenvalue weighted by Crippen LogP contribution is -2.44. The Morgan fingerprint density at radius 1 is 1.00 bits per heavy atom. The van der Waals surface area contributed by atoms with Crippen molar-refractivity contribution in [1.29, 1.82) is 0 Å². The number of hydrogen-bond acceptors (Lipinski definition) is 5. The summed E-state index contributed by atoms with van der Waals surface area (Å²) in [6.45, 7) is 5.34. The van der Waals surface area contributed by atoms with E-state index in [0.29, 0.717) is 37.6 Å². The van der Waals surface area contributed by atoms with Gasteiger partial charge < -0.3 is 14.2 Å². The van der Waals surface area contributed by atoms with Crippen LogP contribution in [-0.4, -0.2) is 51.3 Å². The van der Waals surface area contributed by atoms with Crippen molar-refractivity contribution >= 4 is 0 Å². The fourth-order valence-electron chi connectivity index (χ4n) is 1.65. The van der Waals surface area contributed by atoms with Gasteiger partial charge in [-0.05, 0) is 6.42 Å². The van der Waals surface area contributed by atoms with Crippen molar-refractivity contribution in [3.05, 3.63) is 4.91 Å². The molecular formula is C12H26NO5+. The minimum atomic E-state index is -0.930. The highest BCUT2D eigenvalue weighted by Crippen LogP contribution is 2.24. The number of hydrogen-bond donors (Lipinski definition) is 0. The first-order chi connectivity index (χ1) is 8.66. The molecular weight excluding hydrogens is 238 g/mol. The smallest absolute Gasteiger partial charge is 0.368 e. The van der Waals surface area contributed by atoms with E-state index in [4.69, 9.17) is 19.0 Å². The van der Waals surface area contributed by atoms with Gasteiger partial charge in [-0.3, -0.25) is 0 Å². The van der Waals surface area contributed by atoms with Gasteiger partial charge in [0.2, 0.25) is 0 Å². The molecule has 0 aliphatic carbocycles. The van der Waals surface area contributed by atoms with Crippen LogP contribution in [0.25, 0.3) is 0 Å². The van der Waals surface area contributed by atoms with Gasteiger partial charge in [-0.2, -0.15) is 0 Å². The highest BCUT2D eigenvalue weighted by Gasteiger charge is 2.48.